The number of aromatic hydroxyl groups is 3. The second kappa shape index (κ2) is 30.5. The van der Waals surface area contributed by atoms with Crippen LogP contribution in [0.2, 0.25) is 0 Å². The number of para-hydroxylation sites is 3. The number of nitrogen functional groups attached to an aromatic ring is 3. The van der Waals surface area contributed by atoms with Crippen molar-refractivity contribution in [3.05, 3.63) is 255 Å². The fourth-order valence-corrected chi connectivity index (χ4v) is 14.2. The van der Waals surface area contributed by atoms with Crippen LogP contribution in [0, 0.1) is 21.2 Å². The van der Waals surface area contributed by atoms with Crippen LogP contribution in [0.5, 0.6) is 17.2 Å². The maximum atomic E-state index is 11.6. The van der Waals surface area contributed by atoms with Gasteiger partial charge in [0.05, 0.1) is 17.1 Å². The molecule has 0 saturated carbocycles. The molecule has 1 heterocycles. The first kappa shape index (κ1) is 77.7. The average Bonchev–Trinajstić information content (AvgIpc) is 1.07. The van der Waals surface area contributed by atoms with Crippen LogP contribution in [0.15, 0.2) is 216 Å². The molecule has 0 atom stereocenters. The standard InChI is InChI=1S/C29H35N3O.C29H37N3O.C23H31NO2.C6H8N2/c1-27(2,3)19-28(4,5)21-17-22(29(6,7)20-13-9-8-10-14-20)26(33)25(18-21)32-30-23-15-11-12-16-24(23)31-32;1-27(2,3)19-28(4,5)21-17-22(29(6,7)20-13-9-8-10-14-20)26(33)25(18-21)32-31-24-16-12-11-15-23(24)30;1-21(2,3)15-22(4,5)17-13-18(20(25)19(14-17)24-26)23(6,7)16-11-9-8-10-12-16;7-5-3-1-2-4-6(5)8/h8-18,33H,19H2,1-7H3;8-18,33H,19,30H2,1-7H3;8-14,25H,15H2,1-7H3;1-4H,7-8H2. The summed E-state index contributed by atoms with van der Waals surface area (Å²) in [4.78, 5) is 13.0. The summed E-state index contributed by atoms with van der Waals surface area (Å²) in [5.41, 5.74) is 30.0. The van der Waals surface area contributed by atoms with E-state index < -0.39 is 16.2 Å². The van der Waals surface area contributed by atoms with Gasteiger partial charge in [0.25, 0.3) is 0 Å². The van der Waals surface area contributed by atoms with Gasteiger partial charge in [-0.1, -0.05) is 291 Å². The van der Waals surface area contributed by atoms with E-state index in [4.69, 9.17) is 17.2 Å². The molecule has 1 aromatic heterocycles. The van der Waals surface area contributed by atoms with Crippen LogP contribution in [-0.2, 0) is 32.5 Å². The van der Waals surface area contributed by atoms with Gasteiger partial charge in [-0.2, -0.15) is 0 Å². The molecule has 0 unspecified atom stereocenters. The molecule has 0 amide bonds. The molecule has 10 rings (SSSR count). The van der Waals surface area contributed by atoms with Gasteiger partial charge in [-0.15, -0.1) is 30.1 Å². The lowest BCUT2D eigenvalue weighted by Gasteiger charge is -2.35. The number of azo groups is 1. The molecule has 9 aromatic carbocycles. The van der Waals surface area contributed by atoms with Gasteiger partial charge in [0.2, 0.25) is 0 Å². The summed E-state index contributed by atoms with van der Waals surface area (Å²) >= 11 is 0. The minimum Gasteiger partial charge on any atom is -0.505 e. The Morgan fingerprint density at radius 1 is 0.330 bits per heavy atom. The van der Waals surface area contributed by atoms with Crippen molar-refractivity contribution in [1.29, 1.82) is 0 Å². The van der Waals surface area contributed by atoms with E-state index in [2.05, 4.69) is 213 Å². The van der Waals surface area contributed by atoms with E-state index >= 15 is 0 Å². The number of fused-ring (bicyclic) bond motifs is 1. The van der Waals surface area contributed by atoms with Crippen molar-refractivity contribution in [2.75, 3.05) is 17.2 Å². The topological polar surface area (TPSA) is 224 Å². The quantitative estimate of drug-likeness (QED) is 0.0307. The predicted octanol–water partition coefficient (Wildman–Crippen LogP) is 23.3. The fraction of sp³-hybridized carbons (Fsp3) is 0.379. The number of benzene rings is 9. The van der Waals surface area contributed by atoms with Gasteiger partial charge in [0, 0.05) is 32.9 Å². The lowest BCUT2D eigenvalue weighted by Crippen LogP contribution is -2.27. The van der Waals surface area contributed by atoms with Crippen LogP contribution in [0.1, 0.15) is 215 Å². The largest absolute Gasteiger partial charge is 0.505 e. The third-order valence-corrected chi connectivity index (χ3v) is 18.8. The monoisotopic (exact) mass is 1350 g/mol. The van der Waals surface area contributed by atoms with Gasteiger partial charge in [0.1, 0.15) is 51.0 Å². The average molecular weight is 1350 g/mol. The predicted molar refractivity (Wildman–Crippen MR) is 419 cm³/mol. The number of rotatable bonds is 16. The van der Waals surface area contributed by atoms with E-state index in [9.17, 15) is 20.2 Å². The van der Waals surface area contributed by atoms with Crippen molar-refractivity contribution in [2.45, 2.75) is 197 Å². The van der Waals surface area contributed by atoms with E-state index in [1.54, 1.807) is 29.1 Å². The van der Waals surface area contributed by atoms with Crippen LogP contribution in [0.4, 0.5) is 34.1 Å². The van der Waals surface area contributed by atoms with E-state index in [0.29, 0.717) is 34.1 Å². The Balaban J connectivity index is 0.000000200. The highest BCUT2D eigenvalue weighted by atomic mass is 16.3. The van der Waals surface area contributed by atoms with E-state index in [0.717, 1.165) is 74.8 Å². The molecule has 0 fully saturated rings. The Kier molecular flexibility index (Phi) is 23.7. The summed E-state index contributed by atoms with van der Waals surface area (Å²) in [7, 11) is 0. The zero-order valence-electron chi connectivity index (χ0n) is 63.3. The number of phenols is 3. The molecule has 0 aliphatic rings. The highest BCUT2D eigenvalue weighted by Gasteiger charge is 2.37. The van der Waals surface area contributed by atoms with Gasteiger partial charge < -0.3 is 32.5 Å². The van der Waals surface area contributed by atoms with E-state index in [1.807, 2.05) is 133 Å². The number of phenolic OH excluding ortho intramolecular Hbond substituents is 3. The summed E-state index contributed by atoms with van der Waals surface area (Å²) in [6.45, 7) is 46.3. The molecular formula is C87H111N9O4. The number of anilines is 3. The molecule has 100 heavy (non-hydrogen) atoms. The second-order valence-corrected chi connectivity index (χ2v) is 34.0. The molecule has 0 saturated heterocycles. The van der Waals surface area contributed by atoms with Crippen molar-refractivity contribution < 1.29 is 15.3 Å². The highest BCUT2D eigenvalue weighted by molar-refractivity contribution is 5.74. The Bertz CT molecular complexity index is 4380. The fourth-order valence-electron chi connectivity index (χ4n) is 14.2. The van der Waals surface area contributed by atoms with Crippen LogP contribution < -0.4 is 17.2 Å². The molecule has 0 radical (unpaired) electrons. The van der Waals surface area contributed by atoms with Crippen molar-refractivity contribution >= 4 is 45.2 Å². The second-order valence-electron chi connectivity index (χ2n) is 34.0. The minimum absolute atomic E-state index is 0.0239. The number of hydrogen-bond donors (Lipinski definition) is 6. The first-order valence-corrected chi connectivity index (χ1v) is 34.7. The Hall–Kier alpha value is -9.62. The van der Waals surface area contributed by atoms with Crippen LogP contribution in [0.25, 0.3) is 16.7 Å². The summed E-state index contributed by atoms with van der Waals surface area (Å²) in [6.07, 6.45) is 2.94. The molecule has 0 aliphatic carbocycles. The van der Waals surface area contributed by atoms with Crippen LogP contribution in [-0.4, -0.2) is 30.3 Å². The van der Waals surface area contributed by atoms with E-state index in [1.165, 1.54) is 5.56 Å². The van der Waals surface area contributed by atoms with E-state index in [-0.39, 0.29) is 55.4 Å². The first-order valence-electron chi connectivity index (χ1n) is 34.7. The van der Waals surface area contributed by atoms with Crippen molar-refractivity contribution in [2.24, 2.45) is 31.7 Å². The molecule has 0 spiro atoms. The van der Waals surface area contributed by atoms with Crippen LogP contribution in [0.3, 0.4) is 0 Å². The lowest BCUT2D eigenvalue weighted by molar-refractivity contribution is 0.283. The molecule has 13 nitrogen and oxygen atoms in total. The molecule has 0 aliphatic heterocycles. The molecule has 13 heteroatoms. The maximum absolute atomic E-state index is 11.6. The third-order valence-electron chi connectivity index (χ3n) is 18.8. The van der Waals surface area contributed by atoms with Crippen molar-refractivity contribution in [3.8, 4) is 22.9 Å². The smallest absolute Gasteiger partial charge is 0.150 e. The third kappa shape index (κ3) is 19.4. The van der Waals surface area contributed by atoms with Gasteiger partial charge in [0.15, 0.2) is 0 Å². The number of aromatic nitrogens is 3. The van der Waals surface area contributed by atoms with Crippen LogP contribution >= 0.6 is 0 Å². The van der Waals surface area contributed by atoms with Gasteiger partial charge in [-0.25, -0.2) is 0 Å². The zero-order valence-corrected chi connectivity index (χ0v) is 63.3. The lowest BCUT2D eigenvalue weighted by atomic mass is 9.70. The van der Waals surface area contributed by atoms with Gasteiger partial charge in [-0.3, -0.25) is 0 Å². The summed E-state index contributed by atoms with van der Waals surface area (Å²) in [5.74, 6) is 0.348. The number of nitrogens with zero attached hydrogens (tertiary/aromatic N) is 6. The Morgan fingerprint density at radius 3 is 0.960 bits per heavy atom. The Labute approximate surface area is 596 Å². The zero-order chi connectivity index (χ0) is 74.2. The highest BCUT2D eigenvalue weighted by Crippen LogP contribution is 2.50. The first-order chi connectivity index (χ1) is 46.4. The molecule has 528 valence electrons. The SMILES string of the molecule is CC(C)(C)CC(C)(C)c1cc(-n2nc3ccccc3n2)c(O)c(C(C)(C)c2ccccc2)c1.CC(C)(C)CC(C)(C)c1cc(N=Nc2ccccc2N)c(O)c(C(C)(C)c2ccccc2)c1.CC(C)(C)CC(C)(C)c1cc(N=O)c(O)c(C(C)(C)c2ccccc2)c1.Nc1ccccc1N. The molecular weight excluding hydrogens is 1240 g/mol. The van der Waals surface area contributed by atoms with Crippen molar-refractivity contribution in [1.82, 2.24) is 15.0 Å². The molecule has 10 aromatic rings. The normalized spacial score (nSPS) is 12.6. The number of nitroso groups, excluding NO2 is 1. The summed E-state index contributed by atoms with van der Waals surface area (Å²) in [5, 5.41) is 55.0. The number of hydrogen-bond acceptors (Lipinski definition) is 12. The Morgan fingerprint density at radius 2 is 0.620 bits per heavy atom. The van der Waals surface area contributed by atoms with Gasteiger partial charge >= 0.3 is 0 Å². The summed E-state index contributed by atoms with van der Waals surface area (Å²) in [6, 6.07) is 65.1. The molecule has 0 bridgehead atoms. The summed E-state index contributed by atoms with van der Waals surface area (Å²) < 4.78 is 0. The van der Waals surface area contributed by atoms with Crippen molar-refractivity contribution in [3.63, 3.8) is 0 Å². The molecule has 9 N–H and O–H groups in total. The van der Waals surface area contributed by atoms with Gasteiger partial charge in [-0.05, 0) is 145 Å². The minimum atomic E-state index is -0.446. The maximum Gasteiger partial charge on any atom is 0.150 e. The number of nitrogens with two attached hydrogens (primary N) is 3.